The van der Waals surface area contributed by atoms with Crippen LogP contribution in [0.1, 0.15) is 24.6 Å². The van der Waals surface area contributed by atoms with Crippen molar-refractivity contribution in [2.45, 2.75) is 18.9 Å². The quantitative estimate of drug-likeness (QED) is 0.795. The molecule has 1 N–H and O–H groups in total. The van der Waals surface area contributed by atoms with Gasteiger partial charge in [0.05, 0.1) is 35.5 Å². The van der Waals surface area contributed by atoms with Gasteiger partial charge in [0.2, 0.25) is 0 Å². The van der Waals surface area contributed by atoms with Gasteiger partial charge >= 0.3 is 6.03 Å². The first-order valence-corrected chi connectivity index (χ1v) is 8.23. The molecule has 4 heterocycles. The van der Waals surface area contributed by atoms with Crippen LogP contribution in [0.3, 0.4) is 0 Å². The van der Waals surface area contributed by atoms with Crippen LogP contribution in [0.15, 0.2) is 49.2 Å². The maximum atomic E-state index is 12.7. The van der Waals surface area contributed by atoms with Gasteiger partial charge in [-0.3, -0.25) is 9.67 Å². The Morgan fingerprint density at radius 2 is 2.04 bits per heavy atom. The van der Waals surface area contributed by atoms with E-state index in [1.165, 1.54) is 0 Å². The highest BCUT2D eigenvalue weighted by Crippen LogP contribution is 2.31. The number of amides is 2. The minimum Gasteiger partial charge on any atom is -0.316 e. The van der Waals surface area contributed by atoms with Gasteiger partial charge in [-0.05, 0) is 31.0 Å². The van der Waals surface area contributed by atoms with Crippen molar-refractivity contribution in [1.29, 1.82) is 0 Å². The van der Waals surface area contributed by atoms with Crippen molar-refractivity contribution >= 4 is 11.7 Å². The molecule has 3 aromatic heterocycles. The van der Waals surface area contributed by atoms with E-state index in [9.17, 15) is 4.79 Å². The van der Waals surface area contributed by atoms with E-state index in [0.717, 1.165) is 30.8 Å². The first-order valence-electron chi connectivity index (χ1n) is 8.23. The standard InChI is InChI=1S/C17H19N7O/c1-22-15(6-9-19-22)16-3-2-10-23(16)17(25)21-13-11-20-24(12-13)14-4-7-18-8-5-14/h4-9,11-12,16H,2-3,10H2,1H3,(H,21,25). The lowest BCUT2D eigenvalue weighted by molar-refractivity contribution is 0.205. The molecule has 2 amide bonds. The van der Waals surface area contributed by atoms with Crippen LogP contribution in [0.25, 0.3) is 5.69 Å². The third-order valence-corrected chi connectivity index (χ3v) is 4.48. The highest BCUT2D eigenvalue weighted by atomic mass is 16.2. The molecule has 8 nitrogen and oxygen atoms in total. The van der Waals surface area contributed by atoms with Crippen molar-refractivity contribution in [2.75, 3.05) is 11.9 Å². The van der Waals surface area contributed by atoms with Crippen molar-refractivity contribution in [3.63, 3.8) is 0 Å². The lowest BCUT2D eigenvalue weighted by atomic mass is 10.1. The van der Waals surface area contributed by atoms with Crippen LogP contribution < -0.4 is 5.32 Å². The molecule has 3 aromatic rings. The van der Waals surface area contributed by atoms with Crippen LogP contribution in [0.4, 0.5) is 10.5 Å². The number of carbonyl (C=O) groups is 1. The van der Waals surface area contributed by atoms with Crippen molar-refractivity contribution in [3.8, 4) is 5.69 Å². The molecule has 1 atom stereocenters. The Labute approximate surface area is 145 Å². The van der Waals surface area contributed by atoms with Crippen LogP contribution in [0.5, 0.6) is 0 Å². The molecule has 0 aliphatic carbocycles. The van der Waals surface area contributed by atoms with Crippen LogP contribution in [0, 0.1) is 0 Å². The van der Waals surface area contributed by atoms with Gasteiger partial charge in [0.25, 0.3) is 0 Å². The Balaban J connectivity index is 1.49. The number of aromatic nitrogens is 5. The van der Waals surface area contributed by atoms with E-state index in [4.69, 9.17) is 0 Å². The molecule has 8 heteroatoms. The van der Waals surface area contributed by atoms with E-state index < -0.39 is 0 Å². The van der Waals surface area contributed by atoms with Gasteiger partial charge in [-0.25, -0.2) is 9.48 Å². The summed E-state index contributed by atoms with van der Waals surface area (Å²) >= 11 is 0. The highest BCUT2D eigenvalue weighted by molar-refractivity contribution is 5.89. The molecule has 1 unspecified atom stereocenters. The van der Waals surface area contributed by atoms with Crippen molar-refractivity contribution in [1.82, 2.24) is 29.4 Å². The van der Waals surface area contributed by atoms with Gasteiger partial charge in [0.15, 0.2) is 0 Å². The van der Waals surface area contributed by atoms with Gasteiger partial charge < -0.3 is 10.2 Å². The molecule has 0 saturated carbocycles. The average molecular weight is 337 g/mol. The number of carbonyl (C=O) groups excluding carboxylic acids is 1. The van der Waals surface area contributed by atoms with E-state index in [0.29, 0.717) is 5.69 Å². The van der Waals surface area contributed by atoms with Gasteiger partial charge in [-0.15, -0.1) is 0 Å². The lowest BCUT2D eigenvalue weighted by Gasteiger charge is -2.24. The van der Waals surface area contributed by atoms with E-state index in [-0.39, 0.29) is 12.1 Å². The normalized spacial score (nSPS) is 17.0. The number of pyridine rings is 1. The summed E-state index contributed by atoms with van der Waals surface area (Å²) in [5.74, 6) is 0. The van der Waals surface area contributed by atoms with Crippen LogP contribution in [-0.2, 0) is 7.05 Å². The fraction of sp³-hybridized carbons (Fsp3) is 0.294. The number of aryl methyl sites for hydroxylation is 1. The summed E-state index contributed by atoms with van der Waals surface area (Å²) in [5, 5.41) is 11.5. The summed E-state index contributed by atoms with van der Waals surface area (Å²) in [4.78, 5) is 18.6. The molecular formula is C17H19N7O. The zero-order valence-corrected chi connectivity index (χ0v) is 13.9. The second-order valence-electron chi connectivity index (χ2n) is 6.04. The summed E-state index contributed by atoms with van der Waals surface area (Å²) in [6.07, 6.45) is 10.6. The smallest absolute Gasteiger partial charge is 0.316 e. The maximum Gasteiger partial charge on any atom is 0.322 e. The molecule has 0 aromatic carbocycles. The third-order valence-electron chi connectivity index (χ3n) is 4.48. The number of urea groups is 1. The van der Waals surface area contributed by atoms with E-state index in [1.54, 1.807) is 35.7 Å². The summed E-state index contributed by atoms with van der Waals surface area (Å²) in [5.41, 5.74) is 2.61. The molecule has 4 rings (SSSR count). The Morgan fingerprint density at radius 1 is 1.20 bits per heavy atom. The first-order chi connectivity index (χ1) is 12.2. The number of hydrogen-bond donors (Lipinski definition) is 1. The van der Waals surface area contributed by atoms with Gasteiger partial charge in [0, 0.05) is 32.2 Å². The molecule has 1 aliphatic heterocycles. The van der Waals surface area contributed by atoms with Crippen molar-refractivity contribution in [3.05, 3.63) is 54.9 Å². The predicted molar refractivity (Wildman–Crippen MR) is 92.3 cm³/mol. The molecule has 1 aliphatic rings. The van der Waals surface area contributed by atoms with Crippen LogP contribution in [0.2, 0.25) is 0 Å². The van der Waals surface area contributed by atoms with Crippen LogP contribution >= 0.6 is 0 Å². The fourth-order valence-corrected chi connectivity index (χ4v) is 3.25. The Hall–Kier alpha value is -3.16. The lowest BCUT2D eigenvalue weighted by Crippen LogP contribution is -2.35. The Bertz CT molecular complexity index is 870. The number of likely N-dealkylation sites (tertiary alicyclic amines) is 1. The zero-order chi connectivity index (χ0) is 17.2. The second kappa shape index (κ2) is 6.39. The van der Waals surface area contributed by atoms with Gasteiger partial charge in [0.1, 0.15) is 0 Å². The zero-order valence-electron chi connectivity index (χ0n) is 13.9. The molecule has 1 saturated heterocycles. The number of nitrogens with one attached hydrogen (secondary N) is 1. The largest absolute Gasteiger partial charge is 0.322 e. The van der Waals surface area contributed by atoms with E-state index >= 15 is 0 Å². The second-order valence-corrected chi connectivity index (χ2v) is 6.04. The number of rotatable bonds is 3. The minimum absolute atomic E-state index is 0.0581. The van der Waals surface area contributed by atoms with E-state index in [2.05, 4.69) is 20.5 Å². The third kappa shape index (κ3) is 2.98. The van der Waals surface area contributed by atoms with Crippen LogP contribution in [-0.4, -0.2) is 42.0 Å². The number of anilines is 1. The molecule has 0 bridgehead atoms. The molecule has 25 heavy (non-hydrogen) atoms. The van der Waals surface area contributed by atoms with Crippen molar-refractivity contribution < 1.29 is 4.79 Å². The summed E-state index contributed by atoms with van der Waals surface area (Å²) in [6.45, 7) is 0.736. The first kappa shape index (κ1) is 15.4. The highest BCUT2D eigenvalue weighted by Gasteiger charge is 2.31. The molecule has 0 radical (unpaired) electrons. The molecule has 0 spiro atoms. The monoisotopic (exact) mass is 337 g/mol. The molecular weight excluding hydrogens is 318 g/mol. The van der Waals surface area contributed by atoms with Gasteiger partial charge in [-0.1, -0.05) is 0 Å². The minimum atomic E-state index is -0.113. The van der Waals surface area contributed by atoms with Gasteiger partial charge in [-0.2, -0.15) is 10.2 Å². The maximum absolute atomic E-state index is 12.7. The Kier molecular flexibility index (Phi) is 3.93. The average Bonchev–Trinajstić information content (AvgIpc) is 3.35. The summed E-state index contributed by atoms with van der Waals surface area (Å²) in [6, 6.07) is 5.63. The van der Waals surface area contributed by atoms with E-state index in [1.807, 2.05) is 34.8 Å². The molecule has 1 fully saturated rings. The molecule has 128 valence electrons. The summed E-state index contributed by atoms with van der Waals surface area (Å²) in [7, 11) is 1.91. The number of hydrogen-bond acceptors (Lipinski definition) is 4. The predicted octanol–water partition coefficient (Wildman–Crippen LogP) is 2.37. The number of nitrogens with zero attached hydrogens (tertiary/aromatic N) is 6. The summed E-state index contributed by atoms with van der Waals surface area (Å²) < 4.78 is 3.54. The van der Waals surface area contributed by atoms with Crippen molar-refractivity contribution in [2.24, 2.45) is 7.05 Å². The Morgan fingerprint density at radius 3 is 2.80 bits per heavy atom. The fourth-order valence-electron chi connectivity index (χ4n) is 3.25. The topological polar surface area (TPSA) is 80.9 Å². The SMILES string of the molecule is Cn1nccc1C1CCCN1C(=O)Nc1cnn(-c2ccncc2)c1.